The van der Waals surface area contributed by atoms with E-state index in [0.717, 1.165) is 18.3 Å². The van der Waals surface area contributed by atoms with Crippen molar-refractivity contribution in [2.24, 2.45) is 5.92 Å². The molecule has 82 valence electrons. The second-order valence-corrected chi connectivity index (χ2v) is 4.14. The van der Waals surface area contributed by atoms with Gasteiger partial charge >= 0.3 is 0 Å². The molecule has 2 rings (SSSR count). The number of benzene rings is 1. The van der Waals surface area contributed by atoms with E-state index in [2.05, 4.69) is 29.6 Å². The fourth-order valence-corrected chi connectivity index (χ4v) is 2.11. The zero-order valence-electron chi connectivity index (χ0n) is 9.33. The Labute approximate surface area is 91.6 Å². The van der Waals surface area contributed by atoms with Gasteiger partial charge in [-0.3, -0.25) is 0 Å². The molecule has 0 unspecified atom stereocenters. The van der Waals surface area contributed by atoms with E-state index in [4.69, 9.17) is 4.74 Å². The summed E-state index contributed by atoms with van der Waals surface area (Å²) >= 11 is 0. The lowest BCUT2D eigenvalue weighted by molar-refractivity contribution is 0.340. The first-order chi connectivity index (χ1) is 7.38. The fraction of sp³-hybridized carbons (Fsp3) is 0.538. The highest BCUT2D eigenvalue weighted by atomic mass is 16.5. The lowest BCUT2D eigenvalue weighted by atomic mass is 9.99. The van der Waals surface area contributed by atoms with Gasteiger partial charge in [-0.2, -0.15) is 0 Å². The minimum atomic E-state index is 0.742. The van der Waals surface area contributed by atoms with Crippen molar-refractivity contribution in [2.75, 3.05) is 19.7 Å². The van der Waals surface area contributed by atoms with Gasteiger partial charge in [-0.05, 0) is 56.5 Å². The molecule has 0 amide bonds. The van der Waals surface area contributed by atoms with Crippen molar-refractivity contribution in [2.45, 2.75) is 19.8 Å². The smallest absolute Gasteiger partial charge is 0.119 e. The molecule has 0 spiro atoms. The fourth-order valence-electron chi connectivity index (χ4n) is 2.11. The molecule has 2 nitrogen and oxygen atoms in total. The van der Waals surface area contributed by atoms with E-state index in [1.165, 1.54) is 31.5 Å². The Balaban J connectivity index is 1.91. The van der Waals surface area contributed by atoms with E-state index in [1.54, 1.807) is 0 Å². The number of hydrogen-bond acceptors (Lipinski definition) is 2. The van der Waals surface area contributed by atoms with Gasteiger partial charge in [-0.25, -0.2) is 0 Å². The molecular weight excluding hydrogens is 186 g/mol. The average molecular weight is 205 g/mol. The Morgan fingerprint density at radius 3 is 2.73 bits per heavy atom. The molecular formula is C13H19NO. The predicted molar refractivity (Wildman–Crippen MR) is 62.3 cm³/mol. The molecule has 1 fully saturated rings. The molecule has 1 saturated heterocycles. The highest BCUT2D eigenvalue weighted by Crippen LogP contribution is 2.18. The number of ether oxygens (including phenoxy) is 1. The molecule has 1 atom stereocenters. The van der Waals surface area contributed by atoms with Crippen molar-refractivity contribution in [1.29, 1.82) is 0 Å². The minimum absolute atomic E-state index is 0.742. The zero-order valence-corrected chi connectivity index (χ0v) is 9.33. The summed E-state index contributed by atoms with van der Waals surface area (Å²) in [6, 6.07) is 8.51. The van der Waals surface area contributed by atoms with Gasteiger partial charge < -0.3 is 10.1 Å². The van der Waals surface area contributed by atoms with E-state index in [9.17, 15) is 0 Å². The Bertz CT molecular complexity index is 288. The zero-order chi connectivity index (χ0) is 10.5. The van der Waals surface area contributed by atoms with Crippen molar-refractivity contribution in [3.05, 3.63) is 29.8 Å². The van der Waals surface area contributed by atoms with Crippen LogP contribution in [0.3, 0.4) is 0 Å². The molecule has 2 heteroatoms. The first-order valence-corrected chi connectivity index (χ1v) is 5.81. The van der Waals surface area contributed by atoms with Crippen molar-refractivity contribution in [3.63, 3.8) is 0 Å². The lowest BCUT2D eigenvalue weighted by Gasteiger charge is -2.09. The van der Waals surface area contributed by atoms with Crippen molar-refractivity contribution in [3.8, 4) is 5.75 Å². The number of hydrogen-bond donors (Lipinski definition) is 1. The molecule has 1 aliphatic rings. The second-order valence-electron chi connectivity index (χ2n) is 4.14. The second kappa shape index (κ2) is 5.17. The van der Waals surface area contributed by atoms with Gasteiger partial charge in [-0.1, -0.05) is 12.1 Å². The highest BCUT2D eigenvalue weighted by Gasteiger charge is 2.14. The monoisotopic (exact) mass is 205 g/mol. The molecule has 0 saturated carbocycles. The largest absolute Gasteiger partial charge is 0.494 e. The molecule has 1 aromatic carbocycles. The summed E-state index contributed by atoms with van der Waals surface area (Å²) in [6.45, 7) is 5.11. The van der Waals surface area contributed by atoms with E-state index in [1.807, 2.05) is 6.92 Å². The van der Waals surface area contributed by atoms with Gasteiger partial charge in [0.25, 0.3) is 0 Å². The van der Waals surface area contributed by atoms with Crippen LogP contribution in [0.5, 0.6) is 5.75 Å². The summed E-state index contributed by atoms with van der Waals surface area (Å²) in [6.07, 6.45) is 2.51. The van der Waals surface area contributed by atoms with Gasteiger partial charge in [0.2, 0.25) is 0 Å². The van der Waals surface area contributed by atoms with Crippen LogP contribution in [0.15, 0.2) is 24.3 Å². The maximum absolute atomic E-state index is 5.42. The van der Waals surface area contributed by atoms with Crippen LogP contribution in [-0.4, -0.2) is 19.7 Å². The third-order valence-corrected chi connectivity index (χ3v) is 2.92. The van der Waals surface area contributed by atoms with Crippen LogP contribution < -0.4 is 10.1 Å². The van der Waals surface area contributed by atoms with Gasteiger partial charge in [0.1, 0.15) is 5.75 Å². The van der Waals surface area contributed by atoms with Gasteiger partial charge in [0.15, 0.2) is 0 Å². The molecule has 1 aromatic rings. The minimum Gasteiger partial charge on any atom is -0.494 e. The van der Waals surface area contributed by atoms with Gasteiger partial charge in [-0.15, -0.1) is 0 Å². The maximum atomic E-state index is 5.42. The molecule has 0 aliphatic carbocycles. The average Bonchev–Trinajstić information content (AvgIpc) is 2.74. The molecule has 0 bridgehead atoms. The quantitative estimate of drug-likeness (QED) is 0.814. The maximum Gasteiger partial charge on any atom is 0.119 e. The van der Waals surface area contributed by atoms with Crippen LogP contribution in [0.25, 0.3) is 0 Å². The third kappa shape index (κ3) is 2.96. The van der Waals surface area contributed by atoms with E-state index in [0.29, 0.717) is 0 Å². The van der Waals surface area contributed by atoms with E-state index >= 15 is 0 Å². The first kappa shape index (κ1) is 10.5. The highest BCUT2D eigenvalue weighted by molar-refractivity contribution is 5.27. The van der Waals surface area contributed by atoms with Gasteiger partial charge in [0, 0.05) is 0 Å². The van der Waals surface area contributed by atoms with Crippen LogP contribution >= 0.6 is 0 Å². The summed E-state index contributed by atoms with van der Waals surface area (Å²) in [4.78, 5) is 0. The standard InChI is InChI=1S/C13H19NO/c1-2-15-13-5-3-11(4-6-13)9-12-7-8-14-10-12/h3-6,12,14H,2,7-10H2,1H3/t12-/m1/s1. The Morgan fingerprint density at radius 1 is 1.33 bits per heavy atom. The summed E-state index contributed by atoms with van der Waals surface area (Å²) in [5.74, 6) is 1.80. The molecule has 0 aromatic heterocycles. The summed E-state index contributed by atoms with van der Waals surface area (Å²) < 4.78 is 5.42. The summed E-state index contributed by atoms with van der Waals surface area (Å²) in [7, 11) is 0. The SMILES string of the molecule is CCOc1ccc(C[C@H]2CCNC2)cc1. The van der Waals surface area contributed by atoms with Crippen molar-refractivity contribution in [1.82, 2.24) is 5.32 Å². The number of rotatable bonds is 4. The van der Waals surface area contributed by atoms with Crippen molar-refractivity contribution < 1.29 is 4.74 Å². The van der Waals surface area contributed by atoms with Gasteiger partial charge in [0.05, 0.1) is 6.61 Å². The molecule has 1 aliphatic heterocycles. The van der Waals surface area contributed by atoms with Crippen LogP contribution in [0, 0.1) is 5.92 Å². The summed E-state index contributed by atoms with van der Waals surface area (Å²) in [5, 5.41) is 3.40. The molecule has 1 heterocycles. The molecule has 15 heavy (non-hydrogen) atoms. The lowest BCUT2D eigenvalue weighted by Crippen LogP contribution is -2.10. The first-order valence-electron chi connectivity index (χ1n) is 5.81. The van der Waals surface area contributed by atoms with Crippen LogP contribution in [0.4, 0.5) is 0 Å². The van der Waals surface area contributed by atoms with E-state index in [-0.39, 0.29) is 0 Å². The normalized spacial score (nSPS) is 20.5. The third-order valence-electron chi connectivity index (χ3n) is 2.92. The Hall–Kier alpha value is -1.02. The van der Waals surface area contributed by atoms with Crippen LogP contribution in [0.2, 0.25) is 0 Å². The number of nitrogens with one attached hydrogen (secondary N) is 1. The topological polar surface area (TPSA) is 21.3 Å². The summed E-state index contributed by atoms with van der Waals surface area (Å²) in [5.41, 5.74) is 1.42. The molecule has 1 N–H and O–H groups in total. The Kier molecular flexibility index (Phi) is 3.62. The van der Waals surface area contributed by atoms with Crippen molar-refractivity contribution >= 4 is 0 Å². The predicted octanol–water partition coefficient (Wildman–Crippen LogP) is 2.24. The Morgan fingerprint density at radius 2 is 2.13 bits per heavy atom. The van der Waals surface area contributed by atoms with Crippen LogP contribution in [0.1, 0.15) is 18.9 Å². The van der Waals surface area contributed by atoms with Crippen LogP contribution in [-0.2, 0) is 6.42 Å². The van der Waals surface area contributed by atoms with E-state index < -0.39 is 0 Å². The molecule has 0 radical (unpaired) electrons.